The molecular weight excluding hydrogens is 258 g/mol. The molecule has 1 atom stereocenters. The van der Waals surface area contributed by atoms with Gasteiger partial charge in [-0.25, -0.2) is 0 Å². The molecule has 2 aliphatic rings. The van der Waals surface area contributed by atoms with Crippen molar-refractivity contribution in [3.05, 3.63) is 29.3 Å². The number of halogens is 1. The number of hydrogen-bond donors (Lipinski definition) is 1. The van der Waals surface area contributed by atoms with Crippen molar-refractivity contribution in [1.82, 2.24) is 4.90 Å². The Morgan fingerprint density at radius 1 is 1.00 bits per heavy atom. The third-order valence-electron chi connectivity index (χ3n) is 4.43. The molecule has 1 aromatic rings. The standard InChI is InChI=1S/C15H22ClN3/c16-12-1-3-14(4-2-12)18-9-6-15(7-10-18)19-8-5-13(17)11-19/h1-4,13,15H,5-11,17H2. The number of likely N-dealkylation sites (tertiary alicyclic amines) is 1. The van der Waals surface area contributed by atoms with Gasteiger partial charge in [-0.2, -0.15) is 0 Å². The van der Waals surface area contributed by atoms with Crippen LogP contribution >= 0.6 is 11.6 Å². The van der Waals surface area contributed by atoms with Crippen LogP contribution in [0.5, 0.6) is 0 Å². The lowest BCUT2D eigenvalue weighted by atomic mass is 10.0. The fourth-order valence-corrected chi connectivity index (χ4v) is 3.41. The van der Waals surface area contributed by atoms with Gasteiger partial charge in [0.25, 0.3) is 0 Å². The van der Waals surface area contributed by atoms with Gasteiger partial charge in [0.05, 0.1) is 0 Å². The lowest BCUT2D eigenvalue weighted by Crippen LogP contribution is -2.44. The van der Waals surface area contributed by atoms with E-state index in [4.69, 9.17) is 17.3 Å². The Hall–Kier alpha value is -0.770. The molecule has 2 saturated heterocycles. The molecule has 1 unspecified atom stereocenters. The fourth-order valence-electron chi connectivity index (χ4n) is 3.29. The maximum absolute atomic E-state index is 6.00. The first-order valence-electron chi connectivity index (χ1n) is 7.22. The number of rotatable bonds is 2. The minimum atomic E-state index is 0.397. The molecule has 0 radical (unpaired) electrons. The zero-order valence-corrected chi connectivity index (χ0v) is 12.0. The molecule has 1 aromatic carbocycles. The van der Waals surface area contributed by atoms with E-state index in [1.54, 1.807) is 0 Å². The Morgan fingerprint density at radius 2 is 1.68 bits per heavy atom. The van der Waals surface area contributed by atoms with Crippen LogP contribution in [0.15, 0.2) is 24.3 Å². The molecule has 2 N–H and O–H groups in total. The van der Waals surface area contributed by atoms with Crippen LogP contribution in [0.25, 0.3) is 0 Å². The monoisotopic (exact) mass is 279 g/mol. The zero-order valence-electron chi connectivity index (χ0n) is 11.3. The van der Waals surface area contributed by atoms with E-state index >= 15 is 0 Å². The molecule has 0 bridgehead atoms. The molecular formula is C15H22ClN3. The molecule has 3 nitrogen and oxygen atoms in total. The Labute approximate surface area is 120 Å². The molecule has 104 valence electrons. The van der Waals surface area contributed by atoms with Crippen molar-refractivity contribution in [2.24, 2.45) is 5.73 Å². The molecule has 0 spiro atoms. The van der Waals surface area contributed by atoms with Crippen molar-refractivity contribution in [3.8, 4) is 0 Å². The molecule has 0 amide bonds. The Bertz CT molecular complexity index is 412. The van der Waals surface area contributed by atoms with Crippen molar-refractivity contribution in [2.45, 2.75) is 31.3 Å². The third kappa shape index (κ3) is 3.04. The van der Waals surface area contributed by atoms with E-state index in [0.717, 1.165) is 37.1 Å². The zero-order chi connectivity index (χ0) is 13.2. The van der Waals surface area contributed by atoms with E-state index in [-0.39, 0.29) is 0 Å². The van der Waals surface area contributed by atoms with Crippen LogP contribution in [0.4, 0.5) is 5.69 Å². The van der Waals surface area contributed by atoms with Crippen LogP contribution in [0.1, 0.15) is 19.3 Å². The van der Waals surface area contributed by atoms with Gasteiger partial charge in [-0.3, -0.25) is 4.90 Å². The van der Waals surface area contributed by atoms with Crippen molar-refractivity contribution >= 4 is 17.3 Å². The highest BCUT2D eigenvalue weighted by Crippen LogP contribution is 2.25. The summed E-state index contributed by atoms with van der Waals surface area (Å²) in [5.41, 5.74) is 7.29. The van der Waals surface area contributed by atoms with Crippen molar-refractivity contribution in [1.29, 1.82) is 0 Å². The molecule has 0 aromatic heterocycles. The second-order valence-electron chi connectivity index (χ2n) is 5.74. The highest BCUT2D eigenvalue weighted by Gasteiger charge is 2.29. The van der Waals surface area contributed by atoms with Crippen molar-refractivity contribution in [2.75, 3.05) is 31.1 Å². The Morgan fingerprint density at radius 3 is 2.26 bits per heavy atom. The summed E-state index contributed by atoms with van der Waals surface area (Å²) in [6, 6.07) is 9.32. The van der Waals surface area contributed by atoms with Gasteiger partial charge in [0.2, 0.25) is 0 Å². The first-order valence-corrected chi connectivity index (χ1v) is 7.60. The molecule has 0 saturated carbocycles. The van der Waals surface area contributed by atoms with Crippen molar-refractivity contribution in [3.63, 3.8) is 0 Å². The fraction of sp³-hybridized carbons (Fsp3) is 0.600. The third-order valence-corrected chi connectivity index (χ3v) is 4.68. The molecule has 2 aliphatic heterocycles. The minimum Gasteiger partial charge on any atom is -0.371 e. The lowest BCUT2D eigenvalue weighted by Gasteiger charge is -2.37. The summed E-state index contributed by atoms with van der Waals surface area (Å²) < 4.78 is 0. The predicted octanol–water partition coefficient (Wildman–Crippen LogP) is 2.34. The average Bonchev–Trinajstić information content (AvgIpc) is 2.87. The van der Waals surface area contributed by atoms with Crippen LogP contribution in [0, 0.1) is 0 Å². The van der Waals surface area contributed by atoms with E-state index < -0.39 is 0 Å². The average molecular weight is 280 g/mol. The number of nitrogens with zero attached hydrogens (tertiary/aromatic N) is 2. The number of anilines is 1. The largest absolute Gasteiger partial charge is 0.371 e. The molecule has 3 rings (SSSR count). The minimum absolute atomic E-state index is 0.397. The van der Waals surface area contributed by atoms with Crippen LogP contribution in [-0.2, 0) is 0 Å². The van der Waals surface area contributed by atoms with Gasteiger partial charge in [-0.15, -0.1) is 0 Å². The van der Waals surface area contributed by atoms with E-state index in [9.17, 15) is 0 Å². The maximum atomic E-state index is 6.00. The van der Waals surface area contributed by atoms with Gasteiger partial charge in [0.15, 0.2) is 0 Å². The molecule has 2 heterocycles. The summed E-state index contributed by atoms with van der Waals surface area (Å²) in [6.45, 7) is 4.55. The second-order valence-corrected chi connectivity index (χ2v) is 6.17. The highest BCUT2D eigenvalue weighted by atomic mass is 35.5. The predicted molar refractivity (Wildman–Crippen MR) is 80.9 cm³/mol. The normalized spacial score (nSPS) is 26.0. The SMILES string of the molecule is NC1CCN(C2CCN(c3ccc(Cl)cc3)CC2)C1. The van der Waals surface area contributed by atoms with Crippen LogP contribution in [-0.4, -0.2) is 43.2 Å². The summed E-state index contributed by atoms with van der Waals surface area (Å²) in [5.74, 6) is 0. The van der Waals surface area contributed by atoms with Gasteiger partial charge in [0, 0.05) is 49.0 Å². The van der Waals surface area contributed by atoms with Crippen LogP contribution in [0.3, 0.4) is 0 Å². The summed E-state index contributed by atoms with van der Waals surface area (Å²) in [5, 5.41) is 0.810. The van der Waals surface area contributed by atoms with Crippen LogP contribution < -0.4 is 10.6 Å². The van der Waals surface area contributed by atoms with Crippen molar-refractivity contribution < 1.29 is 0 Å². The number of benzene rings is 1. The van der Waals surface area contributed by atoms with E-state index in [2.05, 4.69) is 21.9 Å². The molecule has 2 fully saturated rings. The van der Waals surface area contributed by atoms with Gasteiger partial charge in [-0.1, -0.05) is 11.6 Å². The summed E-state index contributed by atoms with van der Waals surface area (Å²) >= 11 is 5.94. The molecule has 19 heavy (non-hydrogen) atoms. The number of hydrogen-bond acceptors (Lipinski definition) is 3. The Kier molecular flexibility index (Phi) is 3.96. The maximum Gasteiger partial charge on any atom is 0.0407 e. The van der Waals surface area contributed by atoms with Gasteiger partial charge < -0.3 is 10.6 Å². The summed E-state index contributed by atoms with van der Waals surface area (Å²) in [4.78, 5) is 5.05. The van der Waals surface area contributed by atoms with Gasteiger partial charge in [-0.05, 0) is 43.5 Å². The van der Waals surface area contributed by atoms with Crippen LogP contribution in [0.2, 0.25) is 5.02 Å². The number of nitrogens with two attached hydrogens (primary N) is 1. The quantitative estimate of drug-likeness (QED) is 0.902. The Balaban J connectivity index is 1.56. The first kappa shape index (κ1) is 13.2. The topological polar surface area (TPSA) is 32.5 Å². The van der Waals surface area contributed by atoms with E-state index in [1.807, 2.05) is 12.1 Å². The number of piperidine rings is 1. The molecule has 4 heteroatoms. The summed E-state index contributed by atoms with van der Waals surface area (Å²) in [6.07, 6.45) is 3.65. The first-order chi connectivity index (χ1) is 9.22. The van der Waals surface area contributed by atoms with E-state index in [0.29, 0.717) is 6.04 Å². The van der Waals surface area contributed by atoms with Gasteiger partial charge >= 0.3 is 0 Å². The second kappa shape index (κ2) is 5.70. The lowest BCUT2D eigenvalue weighted by molar-refractivity contribution is 0.205. The van der Waals surface area contributed by atoms with Gasteiger partial charge in [0.1, 0.15) is 0 Å². The smallest absolute Gasteiger partial charge is 0.0407 e. The highest BCUT2D eigenvalue weighted by molar-refractivity contribution is 6.30. The molecule has 0 aliphatic carbocycles. The van der Waals surface area contributed by atoms with E-state index in [1.165, 1.54) is 25.1 Å². The summed E-state index contributed by atoms with van der Waals surface area (Å²) in [7, 11) is 0.